The number of unbranched alkanes of at least 4 members (excludes halogenated alkanes) is 8. The standard InChI is InChI=1S/C17H24BNO5S.C14H17BF3NO3S.C14H20BNO3S.C14H17ClN2O3S/c1-2-24-16(20)12-15-17(21)19(11-7-3-6-10-18(22)23)13-8-4-5-9-14(13)25-15;16-14(17,18)10-4-5-12-11(8-10)19(13(20)9-23-12)7-3-1-2-6-15(21)22;1-11-5-6-12-13(9-11)20-10-14(17)16(12)8-4-2-3-7-15(18)19;15-10-5-6-11-12(8-10)21-9-14(19)17(11)7-3-1-2-4-13(18)16-20/h4-5,8-9,15,22-23H,2-3,6-7,10-12H2,1H3;4-5,8,21-22H,1-3,6-7,9H2;5-6,9,18-19H,2-4,7-8,10H2,1H3;5-6,8,20H,1-4,7,9H2,(H,16,18). The average Bonchev–Trinajstić information content (AvgIpc) is 3.41. The fourth-order valence-electron chi connectivity index (χ4n) is 9.72. The fraction of sp³-hybridized carbons (Fsp3) is 0.492. The van der Waals surface area contributed by atoms with Crippen LogP contribution in [0.25, 0.3) is 0 Å². The molecule has 30 heteroatoms. The van der Waals surface area contributed by atoms with Crippen LogP contribution in [0.4, 0.5) is 35.9 Å². The summed E-state index contributed by atoms with van der Waals surface area (Å²) in [6.07, 6.45) is 5.93. The molecule has 4 heterocycles. The summed E-state index contributed by atoms with van der Waals surface area (Å²) in [6.45, 7) is 6.33. The van der Waals surface area contributed by atoms with Crippen molar-refractivity contribution in [1.82, 2.24) is 5.48 Å². The molecule has 0 aromatic heterocycles. The van der Waals surface area contributed by atoms with Crippen LogP contribution in [0.3, 0.4) is 0 Å². The van der Waals surface area contributed by atoms with Crippen molar-refractivity contribution in [3.8, 4) is 0 Å². The minimum Gasteiger partial charge on any atom is -0.466 e. The first-order valence-corrected chi connectivity index (χ1v) is 33.9. The number of aryl methyl sites for hydroxylation is 1. The Labute approximate surface area is 541 Å². The highest BCUT2D eigenvalue weighted by atomic mass is 35.5. The zero-order chi connectivity index (χ0) is 65.0. The summed E-state index contributed by atoms with van der Waals surface area (Å²) in [5, 5.41) is 61.5. The van der Waals surface area contributed by atoms with E-state index in [2.05, 4.69) is 13.0 Å². The number of thioether (sulfide) groups is 4. The van der Waals surface area contributed by atoms with Crippen LogP contribution < -0.4 is 25.1 Å². The summed E-state index contributed by atoms with van der Waals surface area (Å²) < 4.78 is 43.5. The molecule has 484 valence electrons. The second-order valence-electron chi connectivity index (χ2n) is 21.2. The molecule has 4 aliphatic rings. The summed E-state index contributed by atoms with van der Waals surface area (Å²) in [4.78, 5) is 82.2. The number of amides is 5. The number of anilines is 4. The molecule has 0 bridgehead atoms. The van der Waals surface area contributed by atoms with Gasteiger partial charge in [0.1, 0.15) is 0 Å². The minimum atomic E-state index is -4.44. The molecular weight excluding hydrogens is 1260 g/mol. The Kier molecular flexibility index (Phi) is 32.6. The number of carbonyl (C=O) groups is 6. The van der Waals surface area contributed by atoms with E-state index in [1.54, 1.807) is 40.0 Å². The van der Waals surface area contributed by atoms with Crippen LogP contribution >= 0.6 is 58.6 Å². The maximum atomic E-state index is 12.9. The van der Waals surface area contributed by atoms with Gasteiger partial charge >= 0.3 is 33.5 Å². The van der Waals surface area contributed by atoms with Gasteiger partial charge in [-0.05, 0) is 131 Å². The molecule has 19 nitrogen and oxygen atoms in total. The van der Waals surface area contributed by atoms with E-state index in [9.17, 15) is 41.9 Å². The molecule has 0 fully saturated rings. The molecule has 0 aliphatic carbocycles. The van der Waals surface area contributed by atoms with Gasteiger partial charge in [0.25, 0.3) is 0 Å². The SMILES string of the molecule is CCOC(=O)CC1Sc2ccccc2N(CCCCCB(O)O)C1=O.Cc1ccc2c(c1)SCC(=O)N2CCCCCB(O)O.O=C(CCCCCN1C(=O)CSc2cc(Cl)ccc21)NO.O=C1CSc2ccc(C(F)(F)F)cc2N1CCCCCB(O)O. The molecular formula is C59H78B3ClF3N5O14S4. The van der Waals surface area contributed by atoms with Gasteiger partial charge in [-0.25, -0.2) is 5.48 Å². The van der Waals surface area contributed by atoms with Crippen LogP contribution in [-0.4, -0.2) is 148 Å². The summed E-state index contributed by atoms with van der Waals surface area (Å²) in [7, 11) is -3.84. The van der Waals surface area contributed by atoms with Gasteiger partial charge in [0.05, 0.1) is 63.8 Å². The van der Waals surface area contributed by atoms with E-state index in [0.717, 1.165) is 83.9 Å². The number of hydrogen-bond donors (Lipinski definition) is 8. The molecule has 4 aromatic rings. The van der Waals surface area contributed by atoms with Crippen LogP contribution in [0.15, 0.2) is 98.4 Å². The fourth-order valence-corrected chi connectivity index (χ4v) is 14.1. The number of esters is 1. The molecule has 4 aromatic carbocycles. The third-order valence-electron chi connectivity index (χ3n) is 14.2. The molecule has 0 radical (unpaired) electrons. The van der Waals surface area contributed by atoms with Crippen LogP contribution in [0.5, 0.6) is 0 Å². The summed E-state index contributed by atoms with van der Waals surface area (Å²) >= 11 is 11.7. The van der Waals surface area contributed by atoms with Gasteiger partial charge in [-0.1, -0.05) is 74.7 Å². The number of nitrogens with one attached hydrogen (secondary N) is 1. The molecule has 89 heavy (non-hydrogen) atoms. The van der Waals surface area contributed by atoms with E-state index >= 15 is 0 Å². The first-order chi connectivity index (χ1) is 42.5. The third kappa shape index (κ3) is 25.3. The van der Waals surface area contributed by atoms with E-state index in [1.807, 2.05) is 53.4 Å². The molecule has 8 rings (SSSR count). The lowest BCUT2D eigenvalue weighted by molar-refractivity contribution is -0.144. The lowest BCUT2D eigenvalue weighted by Crippen LogP contribution is -2.42. The topological polar surface area (TPSA) is 278 Å². The van der Waals surface area contributed by atoms with Gasteiger partial charge in [0, 0.05) is 57.2 Å². The van der Waals surface area contributed by atoms with E-state index in [1.165, 1.54) is 56.7 Å². The van der Waals surface area contributed by atoms with Crippen molar-refractivity contribution in [2.45, 2.75) is 154 Å². The maximum Gasteiger partial charge on any atom is 0.451 e. The number of carbonyl (C=O) groups excluding carboxylic acids is 6. The van der Waals surface area contributed by atoms with E-state index in [0.29, 0.717) is 111 Å². The van der Waals surface area contributed by atoms with E-state index in [-0.39, 0.29) is 54.0 Å². The van der Waals surface area contributed by atoms with Gasteiger partial charge in [-0.2, -0.15) is 13.2 Å². The van der Waals surface area contributed by atoms with Crippen LogP contribution in [-0.2, 0) is 39.7 Å². The Morgan fingerprint density at radius 3 is 1.57 bits per heavy atom. The second kappa shape index (κ2) is 38.8. The number of hydroxylamine groups is 1. The number of alkyl halides is 3. The third-order valence-corrected chi connectivity index (χ3v) is 18.8. The Bertz CT molecular complexity index is 2970. The maximum absolute atomic E-state index is 12.9. The van der Waals surface area contributed by atoms with Gasteiger partial charge in [-0.15, -0.1) is 47.0 Å². The first-order valence-electron chi connectivity index (χ1n) is 29.7. The van der Waals surface area contributed by atoms with Crippen molar-refractivity contribution in [3.05, 3.63) is 95.0 Å². The van der Waals surface area contributed by atoms with Gasteiger partial charge in [0.2, 0.25) is 29.5 Å². The zero-order valence-corrected chi connectivity index (χ0v) is 53.9. The molecule has 4 aliphatic heterocycles. The van der Waals surface area contributed by atoms with E-state index < -0.39 is 38.3 Å². The number of rotatable bonds is 27. The molecule has 1 unspecified atom stereocenters. The monoisotopic (exact) mass is 1330 g/mol. The minimum absolute atomic E-state index is 0.0683. The Morgan fingerprint density at radius 2 is 1.06 bits per heavy atom. The van der Waals surface area contributed by atoms with Crippen molar-refractivity contribution in [2.24, 2.45) is 0 Å². The molecule has 8 N–H and O–H groups in total. The summed E-state index contributed by atoms with van der Waals surface area (Å²) in [6, 6.07) is 22.9. The lowest BCUT2D eigenvalue weighted by Gasteiger charge is -2.33. The van der Waals surface area contributed by atoms with Gasteiger partial charge in [0.15, 0.2) is 0 Å². The number of ether oxygens (including phenoxy) is 1. The Balaban J connectivity index is 0.000000217. The zero-order valence-electron chi connectivity index (χ0n) is 49.9. The lowest BCUT2D eigenvalue weighted by atomic mass is 9.83. The first kappa shape index (κ1) is 74.8. The number of nitrogens with zero attached hydrogens (tertiary/aromatic N) is 4. The van der Waals surface area contributed by atoms with Crippen molar-refractivity contribution in [2.75, 3.05) is 69.6 Å². The van der Waals surface area contributed by atoms with Gasteiger partial charge < -0.3 is 54.5 Å². The smallest absolute Gasteiger partial charge is 0.451 e. The normalized spacial score (nSPS) is 15.0. The summed E-state index contributed by atoms with van der Waals surface area (Å²) in [5.74, 6) is 0.407. The number of para-hydroxylation sites is 1. The molecule has 0 spiro atoms. The number of halogens is 4. The highest BCUT2D eigenvalue weighted by molar-refractivity contribution is 8.01. The van der Waals surface area contributed by atoms with Crippen molar-refractivity contribution in [1.29, 1.82) is 0 Å². The Hall–Kier alpha value is -4.91. The highest BCUT2D eigenvalue weighted by Crippen LogP contribution is 2.43. The number of benzene rings is 4. The summed E-state index contributed by atoms with van der Waals surface area (Å²) in [5.41, 5.74) is 5.17. The van der Waals surface area contributed by atoms with E-state index in [4.69, 9.17) is 51.7 Å². The highest BCUT2D eigenvalue weighted by Gasteiger charge is 2.36. The molecule has 0 saturated heterocycles. The molecule has 1 atom stereocenters. The number of fused-ring (bicyclic) bond motifs is 4. The largest absolute Gasteiger partial charge is 0.466 e. The van der Waals surface area contributed by atoms with Crippen molar-refractivity contribution in [3.63, 3.8) is 0 Å². The predicted molar refractivity (Wildman–Crippen MR) is 348 cm³/mol. The average molecular weight is 1330 g/mol. The van der Waals surface area contributed by atoms with Crippen LogP contribution in [0.2, 0.25) is 24.0 Å². The van der Waals surface area contributed by atoms with Crippen molar-refractivity contribution < 1.29 is 82.0 Å². The predicted octanol–water partition coefficient (Wildman–Crippen LogP) is 9.80. The quantitative estimate of drug-likeness (QED) is 0.00906. The van der Waals surface area contributed by atoms with Crippen LogP contribution in [0, 0.1) is 6.92 Å². The van der Waals surface area contributed by atoms with Crippen molar-refractivity contribution >= 4 is 138 Å². The van der Waals surface area contributed by atoms with Gasteiger partial charge in [-0.3, -0.25) is 34.0 Å². The molecule has 0 saturated carbocycles. The van der Waals surface area contributed by atoms with Crippen LogP contribution in [0.1, 0.15) is 108 Å². The molecule has 5 amide bonds. The second-order valence-corrected chi connectivity index (χ2v) is 25.9. The Morgan fingerprint density at radius 1 is 0.584 bits per heavy atom. The number of hydrogen-bond acceptors (Lipinski definition) is 18.